The van der Waals surface area contributed by atoms with Crippen LogP contribution in [0.5, 0.6) is 0 Å². The predicted octanol–water partition coefficient (Wildman–Crippen LogP) is 1.65. The van der Waals surface area contributed by atoms with Gasteiger partial charge in [0.2, 0.25) is 5.91 Å². The van der Waals surface area contributed by atoms with Crippen molar-refractivity contribution in [1.29, 1.82) is 0 Å². The van der Waals surface area contributed by atoms with E-state index in [1.807, 2.05) is 5.32 Å². The number of halogens is 4. The predicted molar refractivity (Wildman–Crippen MR) is 53.8 cm³/mol. The van der Waals surface area contributed by atoms with E-state index >= 15 is 0 Å². The smallest absolute Gasteiger partial charge is 0.227 e. The Morgan fingerprint density at radius 3 is 2.17 bits per heavy atom. The molecule has 0 aromatic heterocycles. The molecule has 18 heavy (non-hydrogen) atoms. The van der Waals surface area contributed by atoms with E-state index in [0.29, 0.717) is 12.1 Å². The van der Waals surface area contributed by atoms with Gasteiger partial charge >= 0.3 is 0 Å². The Bertz CT molecular complexity index is 453. The number of nitrogens with one attached hydrogen (secondary N) is 1. The van der Waals surface area contributed by atoms with Crippen molar-refractivity contribution in [3.63, 3.8) is 0 Å². The van der Waals surface area contributed by atoms with Crippen molar-refractivity contribution in [1.82, 2.24) is 5.32 Å². The molecule has 0 aliphatic rings. The van der Waals surface area contributed by atoms with Crippen LogP contribution >= 0.6 is 0 Å². The van der Waals surface area contributed by atoms with Gasteiger partial charge in [0.1, 0.15) is 24.1 Å². The zero-order valence-corrected chi connectivity index (χ0v) is 9.10. The van der Waals surface area contributed by atoms with Gasteiger partial charge in [0, 0.05) is 24.2 Å². The Kier molecular flexibility index (Phi) is 4.82. The van der Waals surface area contributed by atoms with Gasteiger partial charge in [-0.2, -0.15) is 0 Å². The lowest BCUT2D eigenvalue weighted by atomic mass is 10.2. The lowest BCUT2D eigenvalue weighted by molar-refractivity contribution is -0.128. The van der Waals surface area contributed by atoms with E-state index in [1.165, 1.54) is 0 Å². The molecule has 1 aromatic carbocycles. The number of benzene rings is 1. The summed E-state index contributed by atoms with van der Waals surface area (Å²) in [6, 6.07) is 0.939. The standard InChI is InChI=1S/C11H9F4NO2/c12-4-7(17)3-11(18)16-5-8-9(14)1-6(13)2-10(8)15/h1-2H,3-5H2,(H,16,18). The molecule has 3 nitrogen and oxygen atoms in total. The van der Waals surface area contributed by atoms with Crippen LogP contribution in [0.4, 0.5) is 17.6 Å². The molecule has 0 spiro atoms. The summed E-state index contributed by atoms with van der Waals surface area (Å²) < 4.78 is 50.6. The van der Waals surface area contributed by atoms with E-state index in [2.05, 4.69) is 0 Å². The molecule has 0 atom stereocenters. The molecule has 0 fully saturated rings. The molecule has 0 unspecified atom stereocenters. The van der Waals surface area contributed by atoms with Crippen molar-refractivity contribution < 1.29 is 27.2 Å². The highest BCUT2D eigenvalue weighted by Crippen LogP contribution is 2.14. The van der Waals surface area contributed by atoms with Gasteiger partial charge in [-0.05, 0) is 0 Å². The van der Waals surface area contributed by atoms with Gasteiger partial charge in [-0.3, -0.25) is 9.59 Å². The van der Waals surface area contributed by atoms with E-state index in [4.69, 9.17) is 0 Å². The first-order valence-electron chi connectivity index (χ1n) is 4.91. The van der Waals surface area contributed by atoms with E-state index < -0.39 is 54.3 Å². The molecule has 98 valence electrons. The molecule has 1 amide bonds. The zero-order valence-electron chi connectivity index (χ0n) is 9.10. The van der Waals surface area contributed by atoms with Gasteiger partial charge in [0.05, 0.1) is 6.42 Å². The molecule has 0 heterocycles. The van der Waals surface area contributed by atoms with Crippen LogP contribution in [0.2, 0.25) is 0 Å². The second-order valence-corrected chi connectivity index (χ2v) is 3.47. The van der Waals surface area contributed by atoms with Gasteiger partial charge < -0.3 is 5.32 Å². The second-order valence-electron chi connectivity index (χ2n) is 3.47. The second kappa shape index (κ2) is 6.13. The maximum absolute atomic E-state index is 13.1. The molecule has 0 saturated carbocycles. The van der Waals surface area contributed by atoms with Gasteiger partial charge in [0.15, 0.2) is 5.78 Å². The third kappa shape index (κ3) is 3.83. The fraction of sp³-hybridized carbons (Fsp3) is 0.273. The summed E-state index contributed by atoms with van der Waals surface area (Å²) in [5.41, 5.74) is -0.530. The van der Waals surface area contributed by atoms with Crippen LogP contribution in [0.15, 0.2) is 12.1 Å². The van der Waals surface area contributed by atoms with Crippen LogP contribution in [-0.4, -0.2) is 18.4 Å². The third-order valence-electron chi connectivity index (χ3n) is 2.07. The highest BCUT2D eigenvalue weighted by atomic mass is 19.1. The molecule has 0 aliphatic heterocycles. The number of Topliss-reactive ketones (excluding diaryl/α,β-unsaturated/α-hetero) is 1. The van der Waals surface area contributed by atoms with Crippen LogP contribution in [0, 0.1) is 17.5 Å². The molecule has 1 rings (SSSR count). The molecule has 1 aromatic rings. The van der Waals surface area contributed by atoms with E-state index in [1.54, 1.807) is 0 Å². The van der Waals surface area contributed by atoms with Crippen LogP contribution in [0.3, 0.4) is 0 Å². The Balaban J connectivity index is 2.64. The first-order valence-corrected chi connectivity index (χ1v) is 4.91. The molecule has 0 aliphatic carbocycles. The SMILES string of the molecule is O=C(CF)CC(=O)NCc1c(F)cc(F)cc1F. The topological polar surface area (TPSA) is 46.2 Å². The average molecular weight is 263 g/mol. The summed E-state index contributed by atoms with van der Waals surface area (Å²) in [6.45, 7) is -1.83. The zero-order chi connectivity index (χ0) is 13.7. The minimum Gasteiger partial charge on any atom is -0.351 e. The average Bonchev–Trinajstić information content (AvgIpc) is 2.27. The summed E-state index contributed by atoms with van der Waals surface area (Å²) in [7, 11) is 0. The van der Waals surface area contributed by atoms with Gasteiger partial charge in [-0.1, -0.05) is 0 Å². The number of hydrogen-bond acceptors (Lipinski definition) is 2. The summed E-state index contributed by atoms with van der Waals surface area (Å²) in [4.78, 5) is 21.6. The molecule has 0 bridgehead atoms. The van der Waals surface area contributed by atoms with Crippen LogP contribution in [-0.2, 0) is 16.1 Å². The van der Waals surface area contributed by atoms with E-state index in [9.17, 15) is 27.2 Å². The normalized spacial score (nSPS) is 10.2. The lowest BCUT2D eigenvalue weighted by Gasteiger charge is -2.07. The quantitative estimate of drug-likeness (QED) is 0.648. The van der Waals surface area contributed by atoms with Crippen molar-refractivity contribution in [3.05, 3.63) is 35.1 Å². The fourth-order valence-corrected chi connectivity index (χ4v) is 1.22. The number of carbonyl (C=O) groups is 2. The molecule has 1 N–H and O–H groups in total. The Morgan fingerprint density at radius 2 is 1.67 bits per heavy atom. The van der Waals surface area contributed by atoms with Crippen LogP contribution < -0.4 is 5.32 Å². The molecule has 7 heteroatoms. The van der Waals surface area contributed by atoms with Gasteiger partial charge in [-0.15, -0.1) is 0 Å². The number of carbonyl (C=O) groups excluding carboxylic acids is 2. The Hall–Kier alpha value is -1.92. The highest BCUT2D eigenvalue weighted by Gasteiger charge is 2.14. The Labute approximate surface area is 99.8 Å². The third-order valence-corrected chi connectivity index (χ3v) is 2.07. The molecule has 0 saturated heterocycles. The maximum atomic E-state index is 13.1. The summed E-state index contributed by atoms with van der Waals surface area (Å²) >= 11 is 0. The molecular weight excluding hydrogens is 254 g/mol. The first-order chi connectivity index (χ1) is 8.43. The van der Waals surface area contributed by atoms with Gasteiger partial charge in [-0.25, -0.2) is 17.6 Å². The monoisotopic (exact) mass is 263 g/mol. The molecular formula is C11H9F4NO2. The number of hydrogen-bond donors (Lipinski definition) is 1. The number of rotatable bonds is 5. The number of alkyl halides is 1. The Morgan fingerprint density at radius 1 is 1.11 bits per heavy atom. The minimum atomic E-state index is -1.29. The number of amides is 1. The van der Waals surface area contributed by atoms with E-state index in [0.717, 1.165) is 0 Å². The number of ketones is 1. The molecule has 0 radical (unpaired) electrons. The largest absolute Gasteiger partial charge is 0.351 e. The van der Waals surface area contributed by atoms with Crippen molar-refractivity contribution in [2.75, 3.05) is 6.67 Å². The maximum Gasteiger partial charge on any atom is 0.227 e. The lowest BCUT2D eigenvalue weighted by Crippen LogP contribution is -2.26. The first kappa shape index (κ1) is 14.1. The summed E-state index contributed by atoms with van der Waals surface area (Å²) in [5, 5.41) is 2.04. The summed E-state index contributed by atoms with van der Waals surface area (Å²) in [6.07, 6.45) is -0.707. The van der Waals surface area contributed by atoms with Crippen molar-refractivity contribution >= 4 is 11.7 Å². The van der Waals surface area contributed by atoms with Crippen molar-refractivity contribution in [3.8, 4) is 0 Å². The van der Waals surface area contributed by atoms with Gasteiger partial charge in [0.25, 0.3) is 0 Å². The highest BCUT2D eigenvalue weighted by molar-refractivity contribution is 5.98. The fourth-order valence-electron chi connectivity index (χ4n) is 1.22. The van der Waals surface area contributed by atoms with E-state index in [-0.39, 0.29) is 0 Å². The van der Waals surface area contributed by atoms with Crippen molar-refractivity contribution in [2.24, 2.45) is 0 Å². The van der Waals surface area contributed by atoms with Crippen LogP contribution in [0.25, 0.3) is 0 Å². The minimum absolute atomic E-state index is 0.470. The van der Waals surface area contributed by atoms with Crippen LogP contribution in [0.1, 0.15) is 12.0 Å². The summed E-state index contributed by atoms with van der Waals surface area (Å²) in [5.74, 6) is -5.17. The van der Waals surface area contributed by atoms with Crippen molar-refractivity contribution in [2.45, 2.75) is 13.0 Å².